The van der Waals surface area contributed by atoms with E-state index >= 15 is 0 Å². The van der Waals surface area contributed by atoms with Crippen molar-refractivity contribution in [2.45, 2.75) is 6.36 Å². The number of carbonyl (C=O) groups is 1. The van der Waals surface area contributed by atoms with Crippen molar-refractivity contribution in [1.82, 2.24) is 0 Å². The maximum Gasteiger partial charge on any atom is 0.573 e. The molecule has 0 aliphatic carbocycles. The van der Waals surface area contributed by atoms with Crippen LogP contribution in [0, 0.1) is 11.3 Å². The van der Waals surface area contributed by atoms with Crippen LogP contribution >= 0.6 is 0 Å². The number of nitrogens with two attached hydrogens (primary N) is 2. The number of nitriles is 1. The molecule has 0 aliphatic rings. The Morgan fingerprint density at radius 3 is 2.50 bits per heavy atom. The third kappa shape index (κ3) is 4.21. The van der Waals surface area contributed by atoms with E-state index in [1.54, 1.807) is 6.07 Å². The Morgan fingerprint density at radius 1 is 1.23 bits per heavy atom. The van der Waals surface area contributed by atoms with Crippen LogP contribution in [0.5, 0.6) is 11.5 Å². The number of carbonyl (C=O) groups excluding carboxylic acids is 1. The van der Waals surface area contributed by atoms with E-state index in [-0.39, 0.29) is 16.7 Å². The first-order valence-electron chi connectivity index (χ1n) is 6.88. The van der Waals surface area contributed by atoms with E-state index in [0.717, 1.165) is 18.2 Å². The summed E-state index contributed by atoms with van der Waals surface area (Å²) in [5.74, 6) is -2.76. The summed E-state index contributed by atoms with van der Waals surface area (Å²) in [7, 11) is 0. The first-order chi connectivity index (χ1) is 12.1. The number of aliphatic imine (C=N–C) groups is 1. The molecule has 1 amide bonds. The first-order valence-corrected chi connectivity index (χ1v) is 6.88. The molecule has 0 aromatic heterocycles. The Labute approximate surface area is 144 Å². The number of rotatable bonds is 3. The van der Waals surface area contributed by atoms with Crippen LogP contribution in [0.3, 0.4) is 0 Å². The molecule has 0 unspecified atom stereocenters. The highest BCUT2D eigenvalue weighted by Gasteiger charge is 2.31. The first kappa shape index (κ1) is 18.6. The van der Waals surface area contributed by atoms with E-state index in [4.69, 9.17) is 11.5 Å². The number of hydrogen-bond donors (Lipinski definition) is 3. The number of amides is 1. The zero-order chi connectivity index (χ0) is 19.5. The zero-order valence-electron chi connectivity index (χ0n) is 12.9. The highest BCUT2D eigenvalue weighted by molar-refractivity contribution is 6.09. The molecular formula is C16H11F3N4O3. The van der Waals surface area contributed by atoms with Crippen molar-refractivity contribution in [2.75, 3.05) is 0 Å². The summed E-state index contributed by atoms with van der Waals surface area (Å²) in [6.45, 7) is 0. The number of nitrogens with zero attached hydrogens (tertiary/aromatic N) is 2. The highest BCUT2D eigenvalue weighted by Crippen LogP contribution is 2.36. The minimum Gasteiger partial charge on any atom is -0.507 e. The SMILES string of the molecule is N#Cc1ccc(O)c(C(=O)N=C(N)N)c1-c1cccc(OC(F)(F)F)c1. The van der Waals surface area contributed by atoms with Crippen molar-refractivity contribution < 1.29 is 27.8 Å². The number of phenolic OH excluding ortho intramolecular Hbond substituents is 1. The van der Waals surface area contributed by atoms with Gasteiger partial charge in [0.1, 0.15) is 11.5 Å². The van der Waals surface area contributed by atoms with E-state index in [0.29, 0.717) is 0 Å². The van der Waals surface area contributed by atoms with Crippen molar-refractivity contribution in [3.05, 3.63) is 47.5 Å². The molecule has 26 heavy (non-hydrogen) atoms. The van der Waals surface area contributed by atoms with Crippen molar-refractivity contribution in [1.29, 1.82) is 5.26 Å². The second kappa shape index (κ2) is 7.02. The van der Waals surface area contributed by atoms with Crippen LogP contribution in [0.15, 0.2) is 41.4 Å². The predicted molar refractivity (Wildman–Crippen MR) is 85.1 cm³/mol. The summed E-state index contributed by atoms with van der Waals surface area (Å²) < 4.78 is 41.1. The lowest BCUT2D eigenvalue weighted by Gasteiger charge is -2.13. The fraction of sp³-hybridized carbons (Fsp3) is 0.0625. The van der Waals surface area contributed by atoms with E-state index in [1.165, 1.54) is 18.2 Å². The van der Waals surface area contributed by atoms with Crippen LogP contribution < -0.4 is 16.2 Å². The molecule has 2 rings (SSSR count). The van der Waals surface area contributed by atoms with Crippen LogP contribution in [-0.2, 0) is 0 Å². The lowest BCUT2D eigenvalue weighted by molar-refractivity contribution is -0.274. The van der Waals surface area contributed by atoms with Gasteiger partial charge >= 0.3 is 6.36 Å². The minimum atomic E-state index is -4.92. The summed E-state index contributed by atoms with van der Waals surface area (Å²) in [6, 6.07) is 8.66. The summed E-state index contributed by atoms with van der Waals surface area (Å²) in [4.78, 5) is 15.5. The monoisotopic (exact) mass is 364 g/mol. The van der Waals surface area contributed by atoms with Gasteiger partial charge < -0.3 is 21.3 Å². The predicted octanol–water partition coefficient (Wildman–Crippen LogP) is 2.24. The fourth-order valence-corrected chi connectivity index (χ4v) is 2.22. The molecule has 0 fully saturated rings. The molecule has 0 radical (unpaired) electrons. The van der Waals surface area contributed by atoms with Crippen LogP contribution in [0.2, 0.25) is 0 Å². The van der Waals surface area contributed by atoms with Gasteiger partial charge in [0, 0.05) is 5.56 Å². The zero-order valence-corrected chi connectivity index (χ0v) is 12.9. The molecule has 0 heterocycles. The second-order valence-electron chi connectivity index (χ2n) is 4.91. The summed E-state index contributed by atoms with van der Waals surface area (Å²) in [6.07, 6.45) is -4.92. The molecule has 0 saturated heterocycles. The van der Waals surface area contributed by atoms with Crippen LogP contribution in [0.25, 0.3) is 11.1 Å². The Kier molecular flexibility index (Phi) is 5.02. The summed E-state index contributed by atoms with van der Waals surface area (Å²) >= 11 is 0. The second-order valence-corrected chi connectivity index (χ2v) is 4.91. The molecular weight excluding hydrogens is 353 g/mol. The van der Waals surface area contributed by atoms with Crippen LogP contribution in [-0.4, -0.2) is 23.3 Å². The number of hydrogen-bond acceptors (Lipinski definition) is 4. The van der Waals surface area contributed by atoms with Gasteiger partial charge in [0.05, 0.1) is 17.2 Å². The Balaban J connectivity index is 2.71. The van der Waals surface area contributed by atoms with E-state index in [9.17, 15) is 28.3 Å². The number of alkyl halides is 3. The molecule has 7 nitrogen and oxygen atoms in total. The highest BCUT2D eigenvalue weighted by atomic mass is 19.4. The molecule has 0 spiro atoms. The van der Waals surface area contributed by atoms with Crippen molar-refractivity contribution >= 4 is 11.9 Å². The molecule has 0 atom stereocenters. The van der Waals surface area contributed by atoms with Gasteiger partial charge in [-0.3, -0.25) is 4.79 Å². The van der Waals surface area contributed by atoms with Gasteiger partial charge in [-0.15, -0.1) is 13.2 Å². The molecule has 0 saturated carbocycles. The lowest BCUT2D eigenvalue weighted by Crippen LogP contribution is -2.24. The Morgan fingerprint density at radius 2 is 1.92 bits per heavy atom. The third-order valence-corrected chi connectivity index (χ3v) is 3.10. The Bertz CT molecular complexity index is 929. The summed E-state index contributed by atoms with van der Waals surface area (Å²) in [5.41, 5.74) is 9.68. The van der Waals surface area contributed by atoms with E-state index in [2.05, 4.69) is 9.73 Å². The topological polar surface area (TPSA) is 135 Å². The quantitative estimate of drug-likeness (QED) is 0.565. The number of benzene rings is 2. The number of aromatic hydroxyl groups is 1. The molecule has 0 aliphatic heterocycles. The number of phenols is 1. The van der Waals surface area contributed by atoms with Gasteiger partial charge in [0.25, 0.3) is 5.91 Å². The van der Waals surface area contributed by atoms with E-state index < -0.39 is 35.3 Å². The minimum absolute atomic E-state index is 0.0216. The smallest absolute Gasteiger partial charge is 0.507 e. The number of halogens is 3. The maximum atomic E-state index is 12.4. The normalized spacial score (nSPS) is 10.7. The molecule has 134 valence electrons. The van der Waals surface area contributed by atoms with Gasteiger partial charge in [0.15, 0.2) is 5.96 Å². The van der Waals surface area contributed by atoms with Crippen molar-refractivity contribution in [3.8, 4) is 28.7 Å². The lowest BCUT2D eigenvalue weighted by atomic mass is 9.93. The molecule has 0 bridgehead atoms. The molecule has 2 aromatic carbocycles. The molecule has 2 aromatic rings. The third-order valence-electron chi connectivity index (χ3n) is 3.10. The average molecular weight is 364 g/mol. The Hall–Kier alpha value is -3.74. The molecule has 5 N–H and O–H groups in total. The van der Waals surface area contributed by atoms with Crippen molar-refractivity contribution in [2.24, 2.45) is 16.5 Å². The van der Waals surface area contributed by atoms with Gasteiger partial charge in [-0.2, -0.15) is 10.3 Å². The van der Waals surface area contributed by atoms with E-state index in [1.807, 2.05) is 0 Å². The molecule has 10 heteroatoms. The number of guanidine groups is 1. The van der Waals surface area contributed by atoms with Crippen LogP contribution in [0.1, 0.15) is 15.9 Å². The summed E-state index contributed by atoms with van der Waals surface area (Å²) in [5, 5.41) is 19.3. The number of ether oxygens (including phenoxy) is 1. The largest absolute Gasteiger partial charge is 0.573 e. The van der Waals surface area contributed by atoms with Gasteiger partial charge in [-0.1, -0.05) is 12.1 Å². The van der Waals surface area contributed by atoms with Crippen LogP contribution in [0.4, 0.5) is 13.2 Å². The fourth-order valence-electron chi connectivity index (χ4n) is 2.22. The average Bonchev–Trinajstić information content (AvgIpc) is 2.52. The standard InChI is InChI=1S/C16H11F3N4O3/c17-16(18,19)26-10-3-1-2-8(6-10)12-9(7-20)4-5-11(24)13(12)14(25)23-15(21)22/h1-6,24H,(H4,21,22,23,25). The maximum absolute atomic E-state index is 12.4. The van der Waals surface area contributed by atoms with Crippen molar-refractivity contribution in [3.63, 3.8) is 0 Å². The van der Waals surface area contributed by atoms with Gasteiger partial charge in [-0.05, 0) is 29.8 Å². The van der Waals surface area contributed by atoms with Gasteiger partial charge in [-0.25, -0.2) is 0 Å². The van der Waals surface area contributed by atoms with Gasteiger partial charge in [0.2, 0.25) is 0 Å².